The zero-order valence-corrected chi connectivity index (χ0v) is 9.28. The van der Waals surface area contributed by atoms with Crippen LogP contribution in [0.1, 0.15) is 24.8 Å². The van der Waals surface area contributed by atoms with E-state index >= 15 is 0 Å². The molecule has 1 aromatic carbocycles. The lowest BCUT2D eigenvalue weighted by atomic mass is 9.78. The third-order valence-corrected chi connectivity index (χ3v) is 3.36. The van der Waals surface area contributed by atoms with E-state index in [-0.39, 0.29) is 0 Å². The van der Waals surface area contributed by atoms with Crippen molar-refractivity contribution in [2.45, 2.75) is 31.7 Å². The highest BCUT2D eigenvalue weighted by atomic mass is 16.5. The minimum atomic E-state index is 0.325. The van der Waals surface area contributed by atoms with Crippen molar-refractivity contribution in [3.63, 3.8) is 0 Å². The fraction of sp³-hybridized carbons (Fsp3) is 0.538. The Morgan fingerprint density at radius 3 is 2.87 bits per heavy atom. The Morgan fingerprint density at radius 2 is 2.27 bits per heavy atom. The van der Waals surface area contributed by atoms with E-state index in [1.165, 1.54) is 24.8 Å². The van der Waals surface area contributed by atoms with Gasteiger partial charge in [0.1, 0.15) is 5.75 Å². The summed E-state index contributed by atoms with van der Waals surface area (Å²) >= 11 is 0. The van der Waals surface area contributed by atoms with Gasteiger partial charge in [-0.15, -0.1) is 0 Å². The monoisotopic (exact) mass is 205 g/mol. The van der Waals surface area contributed by atoms with Crippen molar-refractivity contribution >= 4 is 0 Å². The predicted octanol–water partition coefficient (Wildman–Crippen LogP) is 2.37. The number of methoxy groups -OCH3 is 1. The zero-order chi connectivity index (χ0) is 10.7. The fourth-order valence-corrected chi connectivity index (χ4v) is 2.11. The molecule has 82 valence electrons. The minimum Gasteiger partial charge on any atom is -0.497 e. The second-order valence-corrected chi connectivity index (χ2v) is 4.41. The number of hydrogen-bond acceptors (Lipinski definition) is 2. The fourth-order valence-electron chi connectivity index (χ4n) is 2.11. The summed E-state index contributed by atoms with van der Waals surface area (Å²) in [6.07, 6.45) is 4.95. The largest absolute Gasteiger partial charge is 0.497 e. The van der Waals surface area contributed by atoms with Crippen molar-refractivity contribution in [3.05, 3.63) is 29.8 Å². The standard InChI is InChI=1S/C13H19NO/c1-15-12-7-2-4-10(8-12)9-13(14)11-5-3-6-11/h2,4,7-8,11,13H,3,5-6,9,14H2,1H3. The normalized spacial score (nSPS) is 18.3. The van der Waals surface area contributed by atoms with Crippen LogP contribution in [0.3, 0.4) is 0 Å². The molecule has 1 saturated carbocycles. The summed E-state index contributed by atoms with van der Waals surface area (Å²) in [5.41, 5.74) is 7.45. The molecule has 0 heterocycles. The van der Waals surface area contributed by atoms with Crippen LogP contribution in [-0.2, 0) is 6.42 Å². The van der Waals surface area contributed by atoms with Crippen molar-refractivity contribution in [2.75, 3.05) is 7.11 Å². The van der Waals surface area contributed by atoms with Gasteiger partial charge in [-0.25, -0.2) is 0 Å². The summed E-state index contributed by atoms with van der Waals surface area (Å²) in [6.45, 7) is 0. The lowest BCUT2D eigenvalue weighted by molar-refractivity contribution is 0.260. The van der Waals surface area contributed by atoms with Crippen LogP contribution in [0.2, 0.25) is 0 Å². The smallest absolute Gasteiger partial charge is 0.119 e. The van der Waals surface area contributed by atoms with Gasteiger partial charge in [-0.2, -0.15) is 0 Å². The molecule has 0 amide bonds. The van der Waals surface area contributed by atoms with E-state index in [1.807, 2.05) is 12.1 Å². The van der Waals surface area contributed by atoms with Crippen LogP contribution in [0.4, 0.5) is 0 Å². The van der Waals surface area contributed by atoms with Crippen LogP contribution >= 0.6 is 0 Å². The molecule has 1 fully saturated rings. The van der Waals surface area contributed by atoms with Gasteiger partial charge in [0.15, 0.2) is 0 Å². The Labute approximate surface area is 91.4 Å². The van der Waals surface area contributed by atoms with Crippen LogP contribution in [0, 0.1) is 5.92 Å². The molecule has 2 nitrogen and oxygen atoms in total. The molecule has 0 saturated heterocycles. The minimum absolute atomic E-state index is 0.325. The lowest BCUT2D eigenvalue weighted by Gasteiger charge is -2.31. The maximum atomic E-state index is 6.16. The number of hydrogen-bond donors (Lipinski definition) is 1. The molecule has 2 heteroatoms. The molecule has 1 unspecified atom stereocenters. The Hall–Kier alpha value is -1.02. The van der Waals surface area contributed by atoms with Crippen molar-refractivity contribution in [1.29, 1.82) is 0 Å². The average Bonchev–Trinajstić information content (AvgIpc) is 2.15. The Morgan fingerprint density at radius 1 is 1.47 bits per heavy atom. The molecule has 0 aromatic heterocycles. The summed E-state index contributed by atoms with van der Waals surface area (Å²) in [7, 11) is 1.70. The summed E-state index contributed by atoms with van der Waals surface area (Å²) < 4.78 is 5.20. The number of benzene rings is 1. The van der Waals surface area contributed by atoms with Gasteiger partial charge in [0, 0.05) is 6.04 Å². The zero-order valence-electron chi connectivity index (χ0n) is 9.28. The van der Waals surface area contributed by atoms with Crippen molar-refractivity contribution in [1.82, 2.24) is 0 Å². The average molecular weight is 205 g/mol. The highest BCUT2D eigenvalue weighted by Crippen LogP contribution is 2.30. The summed E-state index contributed by atoms with van der Waals surface area (Å²) in [5.74, 6) is 1.67. The van der Waals surface area contributed by atoms with Crippen molar-refractivity contribution < 1.29 is 4.74 Å². The van der Waals surface area contributed by atoms with Gasteiger partial charge in [-0.3, -0.25) is 0 Å². The quantitative estimate of drug-likeness (QED) is 0.819. The van der Waals surface area contributed by atoms with Crippen LogP contribution in [0.25, 0.3) is 0 Å². The molecule has 1 atom stereocenters. The number of nitrogens with two attached hydrogens (primary N) is 1. The molecule has 0 bridgehead atoms. The first-order valence-electron chi connectivity index (χ1n) is 5.68. The lowest BCUT2D eigenvalue weighted by Crippen LogP contribution is -2.36. The second kappa shape index (κ2) is 4.67. The molecule has 0 aliphatic heterocycles. The van der Waals surface area contributed by atoms with E-state index in [9.17, 15) is 0 Å². The molecule has 0 radical (unpaired) electrons. The van der Waals surface area contributed by atoms with E-state index in [4.69, 9.17) is 10.5 Å². The van der Waals surface area contributed by atoms with Crippen LogP contribution < -0.4 is 10.5 Å². The molecule has 2 N–H and O–H groups in total. The highest BCUT2D eigenvalue weighted by molar-refractivity contribution is 5.29. The van der Waals surface area contributed by atoms with Crippen LogP contribution in [-0.4, -0.2) is 13.2 Å². The highest BCUT2D eigenvalue weighted by Gasteiger charge is 2.24. The number of rotatable bonds is 4. The van der Waals surface area contributed by atoms with Gasteiger partial charge in [0.05, 0.1) is 7.11 Å². The molecular formula is C13H19NO. The van der Waals surface area contributed by atoms with E-state index in [0.29, 0.717) is 6.04 Å². The second-order valence-electron chi connectivity index (χ2n) is 4.41. The molecule has 1 aromatic rings. The molecule has 1 aliphatic rings. The van der Waals surface area contributed by atoms with Gasteiger partial charge in [0.2, 0.25) is 0 Å². The summed E-state index contributed by atoms with van der Waals surface area (Å²) in [4.78, 5) is 0. The summed E-state index contributed by atoms with van der Waals surface area (Å²) in [5, 5.41) is 0. The Bertz CT molecular complexity index is 320. The van der Waals surface area contributed by atoms with Gasteiger partial charge in [-0.05, 0) is 42.9 Å². The third kappa shape index (κ3) is 2.51. The van der Waals surface area contributed by atoms with E-state index in [0.717, 1.165) is 18.1 Å². The van der Waals surface area contributed by atoms with Crippen LogP contribution in [0.5, 0.6) is 5.75 Å². The molecular weight excluding hydrogens is 186 g/mol. The maximum absolute atomic E-state index is 6.16. The van der Waals surface area contributed by atoms with Gasteiger partial charge in [0.25, 0.3) is 0 Å². The number of ether oxygens (including phenoxy) is 1. The molecule has 2 rings (SSSR count). The predicted molar refractivity (Wildman–Crippen MR) is 62.0 cm³/mol. The first kappa shape index (κ1) is 10.5. The van der Waals surface area contributed by atoms with Gasteiger partial charge >= 0.3 is 0 Å². The van der Waals surface area contributed by atoms with Crippen molar-refractivity contribution in [2.24, 2.45) is 11.7 Å². The van der Waals surface area contributed by atoms with E-state index < -0.39 is 0 Å². The topological polar surface area (TPSA) is 35.2 Å². The SMILES string of the molecule is COc1cccc(CC(N)C2CCC2)c1. The summed E-state index contributed by atoms with van der Waals surface area (Å²) in [6, 6.07) is 8.53. The van der Waals surface area contributed by atoms with Crippen LogP contribution in [0.15, 0.2) is 24.3 Å². The maximum Gasteiger partial charge on any atom is 0.119 e. The molecule has 15 heavy (non-hydrogen) atoms. The molecule has 1 aliphatic carbocycles. The first-order chi connectivity index (χ1) is 7.29. The van der Waals surface area contributed by atoms with Gasteiger partial charge < -0.3 is 10.5 Å². The van der Waals surface area contributed by atoms with Gasteiger partial charge in [-0.1, -0.05) is 18.6 Å². The third-order valence-electron chi connectivity index (χ3n) is 3.36. The van der Waals surface area contributed by atoms with Crippen molar-refractivity contribution in [3.8, 4) is 5.75 Å². The first-order valence-corrected chi connectivity index (χ1v) is 5.68. The molecule has 0 spiro atoms. The van der Waals surface area contributed by atoms with E-state index in [1.54, 1.807) is 7.11 Å². The van der Waals surface area contributed by atoms with E-state index in [2.05, 4.69) is 12.1 Å². The Kier molecular flexibility index (Phi) is 3.27. The Balaban J connectivity index is 1.96.